The van der Waals surface area contributed by atoms with E-state index < -0.39 is 32.9 Å². The molecule has 15 heteroatoms. The van der Waals surface area contributed by atoms with Crippen molar-refractivity contribution < 1.29 is 35.9 Å². The third-order valence-corrected chi connectivity index (χ3v) is 6.43. The highest BCUT2D eigenvalue weighted by Crippen LogP contribution is 2.32. The number of aromatic nitrogens is 1. The van der Waals surface area contributed by atoms with Gasteiger partial charge in [0.1, 0.15) is 10.7 Å². The van der Waals surface area contributed by atoms with E-state index >= 15 is 0 Å². The molecule has 0 radical (unpaired) electrons. The Hall–Kier alpha value is -2.16. The Kier molecular flexibility index (Phi) is 8.08. The van der Waals surface area contributed by atoms with Crippen LogP contribution in [-0.4, -0.2) is 56.8 Å². The Balaban J connectivity index is 0.000000423. The molecule has 1 aliphatic heterocycles. The lowest BCUT2D eigenvalue weighted by atomic mass is 10.2. The minimum Gasteiger partial charge on any atom is -0.475 e. The van der Waals surface area contributed by atoms with Gasteiger partial charge in [-0.1, -0.05) is 11.6 Å². The molecule has 0 bridgehead atoms. The molecule has 31 heavy (non-hydrogen) atoms. The topological polar surface area (TPSA) is 112 Å². The summed E-state index contributed by atoms with van der Waals surface area (Å²) in [6, 6.07) is 2.49. The molecule has 172 valence electrons. The summed E-state index contributed by atoms with van der Waals surface area (Å²) >= 11 is 7.46. The van der Waals surface area contributed by atoms with E-state index in [0.717, 1.165) is 31.6 Å². The average Bonchev–Trinajstić information content (AvgIpc) is 3.36. The maximum atomic E-state index is 14.5. The fourth-order valence-electron chi connectivity index (χ4n) is 2.62. The van der Waals surface area contributed by atoms with Crippen molar-refractivity contribution in [2.45, 2.75) is 23.5 Å². The summed E-state index contributed by atoms with van der Waals surface area (Å²) in [4.78, 5) is 14.1. The number of hydrogen-bond donors (Lipinski definition) is 3. The maximum absolute atomic E-state index is 14.5. The zero-order chi connectivity index (χ0) is 23.4. The number of likely N-dealkylation sites (N-methyl/N-ethyl adjacent to an activating group) is 1. The van der Waals surface area contributed by atoms with Crippen LogP contribution in [0, 0.1) is 5.82 Å². The zero-order valence-electron chi connectivity index (χ0n) is 15.8. The van der Waals surface area contributed by atoms with Gasteiger partial charge < -0.3 is 15.3 Å². The molecule has 0 spiro atoms. The fraction of sp³-hybridized carbons (Fsp3) is 0.375. The summed E-state index contributed by atoms with van der Waals surface area (Å²) in [6.07, 6.45) is -4.17. The maximum Gasteiger partial charge on any atom is 0.490 e. The largest absolute Gasteiger partial charge is 0.490 e. The van der Waals surface area contributed by atoms with Crippen molar-refractivity contribution in [2.75, 3.05) is 29.8 Å². The van der Waals surface area contributed by atoms with E-state index in [2.05, 4.69) is 15.0 Å². The van der Waals surface area contributed by atoms with E-state index in [1.807, 2.05) is 11.9 Å². The molecule has 1 aromatic carbocycles. The van der Waals surface area contributed by atoms with Crippen LogP contribution in [0.2, 0.25) is 5.02 Å². The summed E-state index contributed by atoms with van der Waals surface area (Å²) in [6.45, 7) is 1.67. The van der Waals surface area contributed by atoms with Gasteiger partial charge in [-0.2, -0.15) is 13.2 Å². The molecule has 0 unspecified atom stereocenters. The average molecular weight is 505 g/mol. The summed E-state index contributed by atoms with van der Waals surface area (Å²) in [5.74, 6) is -3.46. The molecular weight excluding hydrogens is 488 g/mol. The second-order valence-electron chi connectivity index (χ2n) is 6.27. The highest BCUT2D eigenvalue weighted by atomic mass is 35.5. The van der Waals surface area contributed by atoms with Gasteiger partial charge in [0.15, 0.2) is 5.82 Å². The van der Waals surface area contributed by atoms with Crippen molar-refractivity contribution in [1.82, 2.24) is 10.3 Å². The number of carbonyl (C=O) groups is 1. The Bertz CT molecular complexity index is 1010. The number of benzene rings is 1. The summed E-state index contributed by atoms with van der Waals surface area (Å²) in [5, 5.41) is 12.1. The molecule has 3 N–H and O–H groups in total. The van der Waals surface area contributed by atoms with Crippen LogP contribution in [0.25, 0.3) is 0 Å². The predicted molar refractivity (Wildman–Crippen MR) is 108 cm³/mol. The Morgan fingerprint density at radius 1 is 1.42 bits per heavy atom. The lowest BCUT2D eigenvalue weighted by Gasteiger charge is -2.27. The van der Waals surface area contributed by atoms with Crippen LogP contribution in [0.5, 0.6) is 0 Å². The normalized spacial score (nSPS) is 16.4. The lowest BCUT2D eigenvalue weighted by Crippen LogP contribution is -2.33. The molecular formula is C16H17ClF4N4O4S2. The van der Waals surface area contributed by atoms with Crippen molar-refractivity contribution in [3.05, 3.63) is 33.9 Å². The fourth-order valence-corrected chi connectivity index (χ4v) is 4.62. The number of alkyl halides is 3. The number of thiazole rings is 1. The summed E-state index contributed by atoms with van der Waals surface area (Å²) in [7, 11) is -2.27. The molecule has 3 rings (SSSR count). The van der Waals surface area contributed by atoms with Crippen LogP contribution in [-0.2, 0) is 14.8 Å². The standard InChI is InChI=1S/C14H16ClFN4O2S2.C2HF3O2/c1-20(9-2-3-17-6-9)12-5-11(16)13(4-10(12)15)24(21,22)19-14-7-23-8-18-14;3-2(4,5)1(6)7/h4-5,7-9,17,19H,2-3,6H2,1H3;(H,6,7)/t9-;/m0./s1. The monoisotopic (exact) mass is 504 g/mol. The first-order valence-corrected chi connectivity index (χ1v) is 11.3. The lowest BCUT2D eigenvalue weighted by molar-refractivity contribution is -0.192. The Morgan fingerprint density at radius 2 is 2.06 bits per heavy atom. The van der Waals surface area contributed by atoms with Gasteiger partial charge in [0.05, 0.1) is 16.2 Å². The molecule has 0 aliphatic carbocycles. The summed E-state index contributed by atoms with van der Waals surface area (Å²) in [5.41, 5.74) is 1.95. The van der Waals surface area contributed by atoms with Gasteiger partial charge in [-0.25, -0.2) is 22.6 Å². The van der Waals surface area contributed by atoms with Gasteiger partial charge in [-0.3, -0.25) is 4.72 Å². The number of nitrogens with zero attached hydrogens (tertiary/aromatic N) is 2. The molecule has 0 amide bonds. The minimum atomic E-state index is -5.08. The molecule has 0 saturated carbocycles. The number of aliphatic carboxylic acids is 1. The molecule has 1 atom stereocenters. The number of rotatable bonds is 5. The molecule has 1 fully saturated rings. The molecule has 2 heterocycles. The third-order valence-electron chi connectivity index (χ3n) is 4.17. The van der Waals surface area contributed by atoms with Crippen molar-refractivity contribution in [2.24, 2.45) is 0 Å². The van der Waals surface area contributed by atoms with Crippen molar-refractivity contribution in [3.63, 3.8) is 0 Å². The molecule has 8 nitrogen and oxygen atoms in total. The van der Waals surface area contributed by atoms with Crippen LogP contribution in [0.15, 0.2) is 27.9 Å². The Morgan fingerprint density at radius 3 is 2.55 bits per heavy atom. The third kappa shape index (κ3) is 6.66. The highest BCUT2D eigenvalue weighted by Gasteiger charge is 2.38. The van der Waals surface area contributed by atoms with Crippen molar-refractivity contribution >= 4 is 50.4 Å². The first kappa shape index (κ1) is 25.1. The van der Waals surface area contributed by atoms with Crippen LogP contribution in [0.4, 0.5) is 29.1 Å². The van der Waals surface area contributed by atoms with E-state index in [0.29, 0.717) is 5.69 Å². The molecule has 1 aliphatic rings. The highest BCUT2D eigenvalue weighted by molar-refractivity contribution is 7.92. The van der Waals surface area contributed by atoms with Crippen molar-refractivity contribution in [3.8, 4) is 0 Å². The first-order chi connectivity index (χ1) is 14.3. The van der Waals surface area contributed by atoms with Gasteiger partial charge in [-0.15, -0.1) is 11.3 Å². The summed E-state index contributed by atoms with van der Waals surface area (Å²) < 4.78 is 73.1. The van der Waals surface area contributed by atoms with Gasteiger partial charge in [0, 0.05) is 31.1 Å². The van der Waals surface area contributed by atoms with Gasteiger partial charge in [0.25, 0.3) is 10.0 Å². The zero-order valence-corrected chi connectivity index (χ0v) is 18.2. The first-order valence-electron chi connectivity index (χ1n) is 8.46. The van der Waals surface area contributed by atoms with Crippen LogP contribution in [0.1, 0.15) is 6.42 Å². The number of nitrogens with one attached hydrogen (secondary N) is 2. The van der Waals surface area contributed by atoms with E-state index in [1.54, 1.807) is 0 Å². The van der Waals surface area contributed by atoms with E-state index in [1.165, 1.54) is 22.2 Å². The van der Waals surface area contributed by atoms with Crippen molar-refractivity contribution in [1.29, 1.82) is 0 Å². The van der Waals surface area contributed by atoms with E-state index in [4.69, 9.17) is 21.5 Å². The second-order valence-corrected chi connectivity index (χ2v) is 9.05. The van der Waals surface area contributed by atoms with Crippen LogP contribution >= 0.6 is 22.9 Å². The molecule has 2 aromatic rings. The van der Waals surface area contributed by atoms with Crippen LogP contribution < -0.4 is 14.9 Å². The van der Waals surface area contributed by atoms with Gasteiger partial charge in [0.2, 0.25) is 0 Å². The predicted octanol–water partition coefficient (Wildman–Crippen LogP) is 3.17. The number of anilines is 2. The number of sulfonamides is 1. The second kappa shape index (κ2) is 9.97. The molecule has 1 saturated heterocycles. The molecule has 1 aromatic heterocycles. The van der Waals surface area contributed by atoms with Gasteiger partial charge >= 0.3 is 12.1 Å². The quantitative estimate of drug-likeness (QED) is 0.536. The number of hydrogen-bond acceptors (Lipinski definition) is 7. The van der Waals surface area contributed by atoms with E-state index in [9.17, 15) is 26.0 Å². The van der Waals surface area contributed by atoms with Gasteiger partial charge in [-0.05, 0) is 19.0 Å². The van der Waals surface area contributed by atoms with E-state index in [-0.39, 0.29) is 16.9 Å². The Labute approximate surface area is 183 Å². The number of carboxylic acids is 1. The minimum absolute atomic E-state index is 0.147. The van der Waals surface area contributed by atoms with Crippen LogP contribution in [0.3, 0.4) is 0 Å². The number of carboxylic acid groups (broad SMARTS) is 1. The smallest absolute Gasteiger partial charge is 0.475 e. The number of halogens is 5. The SMILES string of the molecule is CN(c1cc(F)c(S(=O)(=O)Nc2cscn2)cc1Cl)[C@H]1CCNC1.O=C(O)C(F)(F)F.